The number of hydrogen-bond donors (Lipinski definition) is 0. The number of esters is 2. The van der Waals surface area contributed by atoms with Crippen LogP contribution in [0.15, 0.2) is 86.1 Å². The Kier molecular flexibility index (Phi) is 9.56. The van der Waals surface area contributed by atoms with E-state index >= 15 is 0 Å². The third-order valence-corrected chi connectivity index (χ3v) is 7.93. The molecule has 0 amide bonds. The van der Waals surface area contributed by atoms with Crippen LogP contribution in [0.3, 0.4) is 0 Å². The Morgan fingerprint density at radius 3 is 2.50 bits per heavy atom. The maximum absolute atomic E-state index is 14.0. The van der Waals surface area contributed by atoms with E-state index in [4.69, 9.17) is 23.4 Å². The summed E-state index contributed by atoms with van der Waals surface area (Å²) >= 11 is 1.18. The molecule has 1 aliphatic rings. The molecule has 0 fully saturated rings. The van der Waals surface area contributed by atoms with Crippen LogP contribution in [0.2, 0.25) is 0 Å². The third-order valence-electron chi connectivity index (χ3n) is 6.95. The lowest BCUT2D eigenvalue weighted by Gasteiger charge is -2.26. The number of hydrogen-bond acceptors (Lipinski definition) is 10. The number of carbonyl (C=O) groups is 2. The minimum absolute atomic E-state index is 0.0511. The molecule has 0 saturated carbocycles. The summed E-state index contributed by atoms with van der Waals surface area (Å²) in [5.41, 5.74) is 1.89. The molecule has 0 aliphatic carbocycles. The predicted octanol–water partition coefficient (Wildman–Crippen LogP) is 4.26. The molecule has 1 atom stereocenters. The number of allylic oxidation sites excluding steroid dienone is 1. The van der Waals surface area contributed by atoms with Crippen LogP contribution in [0, 0.1) is 0 Å². The Balaban J connectivity index is 1.58. The van der Waals surface area contributed by atoms with Gasteiger partial charge in [0.2, 0.25) is 0 Å². The van der Waals surface area contributed by atoms with E-state index in [-0.39, 0.29) is 24.3 Å². The van der Waals surface area contributed by atoms with Gasteiger partial charge >= 0.3 is 11.9 Å². The molecule has 0 saturated heterocycles. The summed E-state index contributed by atoms with van der Waals surface area (Å²) in [4.78, 5) is 45.0. The van der Waals surface area contributed by atoms with E-state index in [1.807, 2.05) is 31.2 Å². The van der Waals surface area contributed by atoms with Gasteiger partial charge in [-0.25, -0.2) is 14.6 Å². The summed E-state index contributed by atoms with van der Waals surface area (Å²) in [7, 11) is 3.05. The van der Waals surface area contributed by atoms with Crippen LogP contribution in [-0.4, -0.2) is 50.5 Å². The minimum Gasteiger partial charge on any atom is -0.496 e. The summed E-state index contributed by atoms with van der Waals surface area (Å²) in [6.45, 7) is 4.24. The number of ether oxygens (including phenoxy) is 4. The molecule has 0 N–H and O–H groups in total. The molecule has 5 rings (SSSR count). The van der Waals surface area contributed by atoms with Crippen molar-refractivity contribution in [2.24, 2.45) is 4.99 Å². The number of fused-ring (bicyclic) bond motifs is 1. The normalized spacial score (nSPS) is 14.6. The van der Waals surface area contributed by atoms with Gasteiger partial charge in [-0.05, 0) is 37.6 Å². The van der Waals surface area contributed by atoms with Crippen molar-refractivity contribution in [3.8, 4) is 17.1 Å². The molecular formula is C33H32N2O8S. The Labute approximate surface area is 257 Å². The molecule has 3 heterocycles. The van der Waals surface area contributed by atoms with Gasteiger partial charge in [0.25, 0.3) is 5.56 Å². The van der Waals surface area contributed by atoms with Crippen LogP contribution in [-0.2, 0) is 19.0 Å². The highest BCUT2D eigenvalue weighted by molar-refractivity contribution is 7.07. The molecule has 1 aliphatic heterocycles. The molecule has 0 radical (unpaired) electrons. The minimum atomic E-state index is -0.840. The van der Waals surface area contributed by atoms with E-state index in [1.165, 1.54) is 30.1 Å². The van der Waals surface area contributed by atoms with Crippen molar-refractivity contribution >= 4 is 29.4 Å². The molecule has 228 valence electrons. The van der Waals surface area contributed by atoms with Crippen molar-refractivity contribution in [2.45, 2.75) is 26.3 Å². The highest BCUT2D eigenvalue weighted by Crippen LogP contribution is 2.35. The molecule has 0 bridgehead atoms. The van der Waals surface area contributed by atoms with Gasteiger partial charge in [0.05, 0.1) is 41.7 Å². The topological polar surface area (TPSA) is 119 Å². The molecule has 1 unspecified atom stereocenters. The number of nitrogens with zero attached hydrogens (tertiary/aromatic N) is 2. The zero-order valence-corrected chi connectivity index (χ0v) is 25.6. The highest BCUT2D eigenvalue weighted by atomic mass is 32.1. The first-order valence-corrected chi connectivity index (χ1v) is 14.9. The molecule has 2 aromatic carbocycles. The first-order chi connectivity index (χ1) is 21.4. The Hall–Kier alpha value is -4.74. The molecule has 10 nitrogen and oxygen atoms in total. The van der Waals surface area contributed by atoms with E-state index in [0.29, 0.717) is 62.0 Å². The smallest absolute Gasteiger partial charge is 0.338 e. The van der Waals surface area contributed by atoms with Gasteiger partial charge in [0.15, 0.2) is 4.80 Å². The lowest BCUT2D eigenvalue weighted by molar-refractivity contribution is -0.140. The Morgan fingerprint density at radius 2 is 1.73 bits per heavy atom. The standard InChI is InChI=1S/C33H32N2O8S/c1-5-16-41-31(37)23-11-7-6-10-22(23)26-15-14-21(43-26)19-27-30(36)35-29(24-12-8-9-13-25(24)40-4)28(20(2)34-33(35)44-27)32(38)42-18-17-39-3/h6-15,19,29H,5,16-18H2,1-4H3. The maximum Gasteiger partial charge on any atom is 0.338 e. The predicted molar refractivity (Wildman–Crippen MR) is 164 cm³/mol. The molecular weight excluding hydrogens is 584 g/mol. The third kappa shape index (κ3) is 6.15. The number of furan rings is 1. The first kappa shape index (κ1) is 30.7. The number of thiazole rings is 1. The molecule has 4 aromatic rings. The summed E-state index contributed by atoms with van der Waals surface area (Å²) in [6.07, 6.45) is 2.34. The molecule has 0 spiro atoms. The molecule has 11 heteroatoms. The fourth-order valence-corrected chi connectivity index (χ4v) is 5.94. The summed E-state index contributed by atoms with van der Waals surface area (Å²) in [6, 6.07) is 16.9. The highest BCUT2D eigenvalue weighted by Gasteiger charge is 2.35. The quantitative estimate of drug-likeness (QED) is 0.181. The van der Waals surface area contributed by atoms with Gasteiger partial charge in [0.1, 0.15) is 29.9 Å². The number of rotatable bonds is 11. The molecule has 2 aromatic heterocycles. The van der Waals surface area contributed by atoms with Gasteiger partial charge in [-0.15, -0.1) is 0 Å². The van der Waals surface area contributed by atoms with E-state index in [9.17, 15) is 14.4 Å². The van der Waals surface area contributed by atoms with E-state index in [0.717, 1.165) is 0 Å². The zero-order valence-electron chi connectivity index (χ0n) is 24.8. The number of methoxy groups -OCH3 is 2. The Morgan fingerprint density at radius 1 is 0.977 bits per heavy atom. The monoisotopic (exact) mass is 616 g/mol. The fourth-order valence-electron chi connectivity index (χ4n) is 4.92. The number of carbonyl (C=O) groups excluding carboxylic acids is 2. The van der Waals surface area contributed by atoms with Crippen molar-refractivity contribution < 1.29 is 33.0 Å². The average Bonchev–Trinajstić information content (AvgIpc) is 3.63. The van der Waals surface area contributed by atoms with Crippen molar-refractivity contribution in [1.82, 2.24) is 4.57 Å². The summed E-state index contributed by atoms with van der Waals surface area (Å²) in [5, 5.41) is 0. The van der Waals surface area contributed by atoms with Crippen molar-refractivity contribution in [2.75, 3.05) is 34.0 Å². The van der Waals surface area contributed by atoms with Crippen molar-refractivity contribution in [3.05, 3.63) is 109 Å². The van der Waals surface area contributed by atoms with Gasteiger partial charge in [-0.3, -0.25) is 9.36 Å². The fraction of sp³-hybridized carbons (Fsp3) is 0.273. The maximum atomic E-state index is 14.0. The van der Waals surface area contributed by atoms with Gasteiger partial charge in [0, 0.05) is 24.3 Å². The lowest BCUT2D eigenvalue weighted by atomic mass is 9.95. The summed E-state index contributed by atoms with van der Waals surface area (Å²) < 4.78 is 29.4. The SMILES string of the molecule is CCCOC(=O)c1ccccc1-c1ccc(C=c2sc3n(c2=O)C(c2ccccc2OC)C(C(=O)OCCOC)=C(C)N=3)o1. The van der Waals surface area contributed by atoms with Crippen LogP contribution in [0.25, 0.3) is 17.4 Å². The van der Waals surface area contributed by atoms with Crippen LogP contribution in [0.4, 0.5) is 0 Å². The second-order valence-corrected chi connectivity index (χ2v) is 10.8. The van der Waals surface area contributed by atoms with Crippen LogP contribution < -0.4 is 19.6 Å². The van der Waals surface area contributed by atoms with Crippen molar-refractivity contribution in [1.29, 1.82) is 0 Å². The largest absolute Gasteiger partial charge is 0.496 e. The first-order valence-electron chi connectivity index (χ1n) is 14.1. The summed E-state index contributed by atoms with van der Waals surface area (Å²) in [5.74, 6) is 0.343. The van der Waals surface area contributed by atoms with E-state index in [1.54, 1.807) is 49.4 Å². The van der Waals surface area contributed by atoms with Gasteiger partial charge < -0.3 is 23.4 Å². The number of benzene rings is 2. The lowest BCUT2D eigenvalue weighted by Crippen LogP contribution is -2.40. The van der Waals surface area contributed by atoms with E-state index < -0.39 is 18.0 Å². The second kappa shape index (κ2) is 13.7. The van der Waals surface area contributed by atoms with Crippen LogP contribution in [0.1, 0.15) is 48.0 Å². The Bertz CT molecular complexity index is 1900. The van der Waals surface area contributed by atoms with Crippen LogP contribution >= 0.6 is 11.3 Å². The second-order valence-electron chi connectivity index (χ2n) is 9.84. The van der Waals surface area contributed by atoms with Crippen molar-refractivity contribution in [3.63, 3.8) is 0 Å². The number of aromatic nitrogens is 1. The van der Waals surface area contributed by atoms with Gasteiger partial charge in [-0.1, -0.05) is 54.7 Å². The van der Waals surface area contributed by atoms with E-state index in [2.05, 4.69) is 4.99 Å². The average molecular weight is 617 g/mol. The molecule has 44 heavy (non-hydrogen) atoms. The van der Waals surface area contributed by atoms with Gasteiger partial charge in [-0.2, -0.15) is 0 Å². The van der Waals surface area contributed by atoms with Crippen LogP contribution in [0.5, 0.6) is 5.75 Å². The number of para-hydroxylation sites is 1. The zero-order chi connectivity index (χ0) is 31.2.